The number of nitro groups is 1. The van der Waals surface area contributed by atoms with Crippen molar-refractivity contribution < 1.29 is 9.31 Å². The van der Waals surface area contributed by atoms with Gasteiger partial charge in [0.15, 0.2) is 6.17 Å². The number of nitrogens with zero attached hydrogens (tertiary/aromatic N) is 1. The molecule has 13 heavy (non-hydrogen) atoms. The predicted molar refractivity (Wildman–Crippen MR) is 44.9 cm³/mol. The summed E-state index contributed by atoms with van der Waals surface area (Å²) in [5, 5.41) is 10.3. The molecule has 0 radical (unpaired) electrons. The summed E-state index contributed by atoms with van der Waals surface area (Å²) in [5.41, 5.74) is 0.719. The molecule has 4 heteroatoms. The number of hydrogen-bond acceptors (Lipinski definition) is 2. The minimum Gasteiger partial charge on any atom is -0.264 e. The fourth-order valence-electron chi connectivity index (χ4n) is 1.56. The highest BCUT2D eigenvalue weighted by molar-refractivity contribution is 5.30. The minimum atomic E-state index is -1.31. The summed E-state index contributed by atoms with van der Waals surface area (Å²) in [5.74, 6) is -0.531. The average molecular weight is 181 g/mol. The SMILES string of the molecule is O=[N+]([O-])[C@H]1[C@H](F)[C@@H]1c1ccccc1. The molecule has 0 N–H and O–H groups in total. The first-order chi connectivity index (χ1) is 6.22. The summed E-state index contributed by atoms with van der Waals surface area (Å²) in [6, 6.07) is 7.75. The van der Waals surface area contributed by atoms with E-state index >= 15 is 0 Å². The Morgan fingerprint density at radius 3 is 2.38 bits per heavy atom. The van der Waals surface area contributed by atoms with E-state index in [9.17, 15) is 14.5 Å². The molecule has 1 saturated carbocycles. The topological polar surface area (TPSA) is 43.1 Å². The van der Waals surface area contributed by atoms with Gasteiger partial charge in [0, 0.05) is 4.92 Å². The Morgan fingerprint density at radius 1 is 1.31 bits per heavy atom. The van der Waals surface area contributed by atoms with Crippen molar-refractivity contribution >= 4 is 0 Å². The van der Waals surface area contributed by atoms with Crippen LogP contribution in [0.4, 0.5) is 4.39 Å². The van der Waals surface area contributed by atoms with E-state index < -0.39 is 23.1 Å². The van der Waals surface area contributed by atoms with Gasteiger partial charge in [-0.1, -0.05) is 30.3 Å². The molecule has 1 aromatic carbocycles. The third kappa shape index (κ3) is 1.28. The first-order valence-corrected chi connectivity index (χ1v) is 4.04. The molecule has 0 amide bonds. The lowest BCUT2D eigenvalue weighted by Gasteiger charge is -1.93. The van der Waals surface area contributed by atoms with Gasteiger partial charge in [0.25, 0.3) is 6.04 Å². The van der Waals surface area contributed by atoms with Crippen LogP contribution in [0.15, 0.2) is 30.3 Å². The van der Waals surface area contributed by atoms with E-state index in [4.69, 9.17) is 0 Å². The number of benzene rings is 1. The Morgan fingerprint density at radius 2 is 1.92 bits per heavy atom. The van der Waals surface area contributed by atoms with Crippen LogP contribution in [0.25, 0.3) is 0 Å². The Bertz CT molecular complexity index is 328. The maximum Gasteiger partial charge on any atom is 0.254 e. The molecule has 1 aromatic rings. The lowest BCUT2D eigenvalue weighted by molar-refractivity contribution is -0.499. The van der Waals surface area contributed by atoms with Gasteiger partial charge in [0.2, 0.25) is 0 Å². The highest BCUT2D eigenvalue weighted by Crippen LogP contribution is 2.45. The van der Waals surface area contributed by atoms with Crippen molar-refractivity contribution in [1.82, 2.24) is 0 Å². The summed E-state index contributed by atoms with van der Waals surface area (Å²) in [7, 11) is 0. The molecular weight excluding hydrogens is 173 g/mol. The van der Waals surface area contributed by atoms with Gasteiger partial charge in [0.1, 0.15) is 0 Å². The maximum atomic E-state index is 12.9. The van der Waals surface area contributed by atoms with Crippen LogP contribution in [0, 0.1) is 10.1 Å². The Balaban J connectivity index is 2.18. The van der Waals surface area contributed by atoms with E-state index in [1.807, 2.05) is 0 Å². The molecule has 0 aromatic heterocycles. The fourth-order valence-corrected chi connectivity index (χ4v) is 1.56. The molecule has 0 saturated heterocycles. The number of rotatable bonds is 2. The van der Waals surface area contributed by atoms with Gasteiger partial charge in [0.05, 0.1) is 5.92 Å². The van der Waals surface area contributed by atoms with Crippen molar-refractivity contribution in [3.8, 4) is 0 Å². The van der Waals surface area contributed by atoms with Crippen molar-refractivity contribution in [3.63, 3.8) is 0 Å². The molecule has 2 rings (SSSR count). The highest BCUT2D eigenvalue weighted by Gasteiger charge is 2.62. The van der Waals surface area contributed by atoms with Crippen molar-refractivity contribution in [2.24, 2.45) is 0 Å². The van der Waals surface area contributed by atoms with Crippen LogP contribution in [0.5, 0.6) is 0 Å². The Hall–Kier alpha value is -1.45. The lowest BCUT2D eigenvalue weighted by Crippen LogP contribution is -2.04. The first kappa shape index (κ1) is 8.16. The molecule has 1 aliphatic carbocycles. The quantitative estimate of drug-likeness (QED) is 0.515. The smallest absolute Gasteiger partial charge is 0.254 e. The van der Waals surface area contributed by atoms with Crippen LogP contribution in [0.1, 0.15) is 11.5 Å². The van der Waals surface area contributed by atoms with E-state index in [1.165, 1.54) is 0 Å². The number of alkyl halides is 1. The molecule has 0 aliphatic heterocycles. The lowest BCUT2D eigenvalue weighted by atomic mass is 10.1. The highest BCUT2D eigenvalue weighted by atomic mass is 19.1. The third-order valence-electron chi connectivity index (χ3n) is 2.32. The summed E-state index contributed by atoms with van der Waals surface area (Å²) in [6.45, 7) is 0. The standard InChI is InChI=1S/C9H8FNO2/c10-8-7(9(8)11(12)13)6-4-2-1-3-5-6/h1-5,7-9H/t7-,8+,9+/m0/s1. The van der Waals surface area contributed by atoms with E-state index in [1.54, 1.807) is 30.3 Å². The predicted octanol–water partition coefficient (Wildman–Crippen LogP) is 1.77. The minimum absolute atomic E-state index is 0.531. The third-order valence-corrected chi connectivity index (χ3v) is 2.32. The van der Waals surface area contributed by atoms with Gasteiger partial charge < -0.3 is 0 Å². The summed E-state index contributed by atoms with van der Waals surface area (Å²) in [6.07, 6.45) is -1.31. The van der Waals surface area contributed by atoms with Gasteiger partial charge in [-0.3, -0.25) is 10.1 Å². The van der Waals surface area contributed by atoms with Crippen molar-refractivity contribution in [1.29, 1.82) is 0 Å². The first-order valence-electron chi connectivity index (χ1n) is 4.04. The van der Waals surface area contributed by atoms with Gasteiger partial charge in [-0.25, -0.2) is 4.39 Å². The molecule has 0 spiro atoms. The van der Waals surface area contributed by atoms with Crippen molar-refractivity contribution in [2.75, 3.05) is 0 Å². The zero-order valence-corrected chi connectivity index (χ0v) is 6.76. The Kier molecular flexibility index (Phi) is 1.76. The van der Waals surface area contributed by atoms with Gasteiger partial charge in [-0.05, 0) is 5.56 Å². The van der Waals surface area contributed by atoms with Gasteiger partial charge >= 0.3 is 0 Å². The van der Waals surface area contributed by atoms with Crippen LogP contribution in [0.3, 0.4) is 0 Å². The van der Waals surface area contributed by atoms with E-state index in [-0.39, 0.29) is 0 Å². The molecular formula is C9H8FNO2. The van der Waals surface area contributed by atoms with Crippen LogP contribution in [0.2, 0.25) is 0 Å². The monoisotopic (exact) mass is 181 g/mol. The second-order valence-electron chi connectivity index (χ2n) is 3.16. The van der Waals surface area contributed by atoms with Crippen molar-refractivity contribution in [3.05, 3.63) is 46.0 Å². The molecule has 1 aliphatic rings. The zero-order valence-electron chi connectivity index (χ0n) is 6.76. The summed E-state index contributed by atoms with van der Waals surface area (Å²) in [4.78, 5) is 9.78. The normalized spacial score (nSPS) is 31.3. The van der Waals surface area contributed by atoms with E-state index in [0.717, 1.165) is 5.56 Å². The second-order valence-corrected chi connectivity index (χ2v) is 3.16. The maximum absolute atomic E-state index is 12.9. The van der Waals surface area contributed by atoms with Crippen LogP contribution >= 0.6 is 0 Å². The fraction of sp³-hybridized carbons (Fsp3) is 0.333. The van der Waals surface area contributed by atoms with E-state index in [2.05, 4.69) is 0 Å². The van der Waals surface area contributed by atoms with Crippen LogP contribution < -0.4 is 0 Å². The van der Waals surface area contributed by atoms with E-state index in [0.29, 0.717) is 0 Å². The molecule has 68 valence electrons. The molecule has 1 fully saturated rings. The summed E-state index contributed by atoms with van der Waals surface area (Å²) >= 11 is 0. The molecule has 0 bridgehead atoms. The van der Waals surface area contributed by atoms with Gasteiger partial charge in [-0.15, -0.1) is 0 Å². The van der Waals surface area contributed by atoms with Crippen LogP contribution in [-0.2, 0) is 0 Å². The zero-order chi connectivity index (χ0) is 9.42. The molecule has 0 unspecified atom stereocenters. The van der Waals surface area contributed by atoms with Crippen molar-refractivity contribution in [2.45, 2.75) is 18.1 Å². The second kappa shape index (κ2) is 2.80. The average Bonchev–Trinajstić information content (AvgIpc) is 2.79. The summed E-state index contributed by atoms with van der Waals surface area (Å²) < 4.78 is 12.9. The number of hydrogen-bond donors (Lipinski definition) is 0. The number of halogens is 1. The molecule has 0 heterocycles. The van der Waals surface area contributed by atoms with Crippen LogP contribution in [-0.4, -0.2) is 17.1 Å². The van der Waals surface area contributed by atoms with Gasteiger partial charge in [-0.2, -0.15) is 0 Å². The molecule has 3 nitrogen and oxygen atoms in total. The largest absolute Gasteiger partial charge is 0.264 e. The molecule has 3 atom stereocenters. The Labute approximate surface area is 74.3 Å².